The van der Waals surface area contributed by atoms with Gasteiger partial charge in [-0.1, -0.05) is 12.1 Å². The summed E-state index contributed by atoms with van der Waals surface area (Å²) in [4.78, 5) is 17.2. The monoisotopic (exact) mass is 323 g/mol. The van der Waals surface area contributed by atoms with Gasteiger partial charge in [0.15, 0.2) is 5.13 Å². The number of nitrogens with zero attached hydrogens (tertiary/aromatic N) is 1. The van der Waals surface area contributed by atoms with E-state index < -0.39 is 6.04 Å². The minimum absolute atomic E-state index is 0.151. The van der Waals surface area contributed by atoms with E-state index in [1.807, 2.05) is 6.92 Å². The average molecular weight is 323 g/mol. The number of carbonyl (C=O) groups is 1. The minimum Gasteiger partial charge on any atom is -0.383 e. The molecule has 2 aromatic rings. The zero-order valence-corrected chi connectivity index (χ0v) is 13.2. The minimum atomic E-state index is -0.727. The zero-order valence-electron chi connectivity index (χ0n) is 12.4. The highest BCUT2D eigenvalue weighted by Crippen LogP contribution is 2.25. The second-order valence-electron chi connectivity index (χ2n) is 4.88. The lowest BCUT2D eigenvalue weighted by atomic mass is 10.1. The van der Waals surface area contributed by atoms with Crippen molar-refractivity contribution in [2.75, 3.05) is 19.0 Å². The lowest BCUT2D eigenvalue weighted by Gasteiger charge is -2.08. The molecule has 3 N–H and O–H groups in total. The Morgan fingerprint density at radius 1 is 1.45 bits per heavy atom. The molecule has 0 radical (unpaired) electrons. The summed E-state index contributed by atoms with van der Waals surface area (Å²) in [6, 6.07) is 5.61. The van der Waals surface area contributed by atoms with Crippen molar-refractivity contribution in [2.24, 2.45) is 5.73 Å². The summed E-state index contributed by atoms with van der Waals surface area (Å²) in [6.45, 7) is 2.03. The van der Waals surface area contributed by atoms with Crippen LogP contribution in [-0.2, 0) is 16.0 Å². The van der Waals surface area contributed by atoms with E-state index in [2.05, 4.69) is 10.3 Å². The van der Waals surface area contributed by atoms with E-state index in [9.17, 15) is 9.18 Å². The van der Waals surface area contributed by atoms with Gasteiger partial charge in [0.2, 0.25) is 5.91 Å². The second kappa shape index (κ2) is 7.44. The number of aryl methyl sites for hydroxylation is 1. The van der Waals surface area contributed by atoms with E-state index in [1.54, 1.807) is 12.1 Å². The third-order valence-electron chi connectivity index (χ3n) is 3.08. The number of thiazole rings is 1. The molecule has 1 amide bonds. The second-order valence-corrected chi connectivity index (χ2v) is 5.97. The summed E-state index contributed by atoms with van der Waals surface area (Å²) >= 11 is 1.39. The van der Waals surface area contributed by atoms with Gasteiger partial charge >= 0.3 is 0 Å². The van der Waals surface area contributed by atoms with Crippen molar-refractivity contribution in [2.45, 2.75) is 19.4 Å². The number of methoxy groups -OCH3 is 1. The van der Waals surface area contributed by atoms with Gasteiger partial charge in [-0.25, -0.2) is 9.37 Å². The smallest absolute Gasteiger partial charge is 0.245 e. The van der Waals surface area contributed by atoms with Gasteiger partial charge in [-0.2, -0.15) is 0 Å². The Kier molecular flexibility index (Phi) is 5.59. The van der Waals surface area contributed by atoms with Crippen LogP contribution in [0.4, 0.5) is 9.52 Å². The van der Waals surface area contributed by atoms with E-state index in [1.165, 1.54) is 30.6 Å². The molecule has 1 aromatic carbocycles. The molecule has 0 bridgehead atoms. The molecule has 0 saturated heterocycles. The fourth-order valence-electron chi connectivity index (χ4n) is 1.89. The molecule has 1 unspecified atom stereocenters. The first-order valence-corrected chi connectivity index (χ1v) is 7.57. The number of hydrogen-bond donors (Lipinski definition) is 2. The summed E-state index contributed by atoms with van der Waals surface area (Å²) in [5.74, 6) is -0.589. The summed E-state index contributed by atoms with van der Waals surface area (Å²) in [7, 11) is 1.49. The predicted octanol–water partition coefficient (Wildman–Crippen LogP) is 2.09. The standard InChI is InChI=1S/C15H18FN3O2S/c1-9-13(7-10-3-5-11(16)6-4-10)22-15(18-9)19-14(20)12(17)8-21-2/h3-6,12H,7-8,17H2,1-2H3,(H,18,19,20). The van der Waals surface area contributed by atoms with Crippen LogP contribution in [0.5, 0.6) is 0 Å². The van der Waals surface area contributed by atoms with Crippen molar-refractivity contribution >= 4 is 22.4 Å². The summed E-state index contributed by atoms with van der Waals surface area (Å²) < 4.78 is 17.8. The summed E-state index contributed by atoms with van der Waals surface area (Å²) in [5.41, 5.74) is 7.49. The highest BCUT2D eigenvalue weighted by Gasteiger charge is 2.16. The van der Waals surface area contributed by atoms with Gasteiger partial charge in [-0.3, -0.25) is 4.79 Å². The molecule has 1 atom stereocenters. The van der Waals surface area contributed by atoms with Crippen LogP contribution < -0.4 is 11.1 Å². The van der Waals surface area contributed by atoms with Gasteiger partial charge in [0.25, 0.3) is 0 Å². The molecule has 0 aliphatic rings. The van der Waals surface area contributed by atoms with Crippen LogP contribution >= 0.6 is 11.3 Å². The van der Waals surface area contributed by atoms with Gasteiger partial charge in [-0.15, -0.1) is 11.3 Å². The van der Waals surface area contributed by atoms with Crippen molar-refractivity contribution in [1.82, 2.24) is 4.98 Å². The van der Waals surface area contributed by atoms with Crippen LogP contribution in [0.2, 0.25) is 0 Å². The number of ether oxygens (including phenoxy) is 1. The molecule has 0 fully saturated rings. The number of rotatable bonds is 6. The van der Waals surface area contributed by atoms with Gasteiger partial charge in [0.1, 0.15) is 11.9 Å². The Bertz CT molecular complexity index is 643. The molecule has 22 heavy (non-hydrogen) atoms. The Hall–Kier alpha value is -1.83. The number of anilines is 1. The maximum Gasteiger partial charge on any atom is 0.245 e. The predicted molar refractivity (Wildman–Crippen MR) is 84.5 cm³/mol. The largest absolute Gasteiger partial charge is 0.383 e. The van der Waals surface area contributed by atoms with Crippen molar-refractivity contribution in [3.63, 3.8) is 0 Å². The van der Waals surface area contributed by atoms with Gasteiger partial charge in [0, 0.05) is 18.4 Å². The number of nitrogens with one attached hydrogen (secondary N) is 1. The SMILES string of the molecule is COCC(N)C(=O)Nc1nc(C)c(Cc2ccc(F)cc2)s1. The molecule has 0 spiro atoms. The van der Waals surface area contributed by atoms with E-state index >= 15 is 0 Å². The van der Waals surface area contributed by atoms with Gasteiger partial charge in [-0.05, 0) is 24.6 Å². The lowest BCUT2D eigenvalue weighted by molar-refractivity contribution is -0.118. The third-order valence-corrected chi connectivity index (χ3v) is 4.16. The molecule has 0 aliphatic heterocycles. The first-order valence-electron chi connectivity index (χ1n) is 6.75. The molecule has 0 saturated carbocycles. The van der Waals surface area contributed by atoms with Crippen LogP contribution in [0.15, 0.2) is 24.3 Å². The lowest BCUT2D eigenvalue weighted by Crippen LogP contribution is -2.39. The molecule has 1 heterocycles. The zero-order chi connectivity index (χ0) is 16.1. The van der Waals surface area contributed by atoms with E-state index in [4.69, 9.17) is 10.5 Å². The fraction of sp³-hybridized carbons (Fsp3) is 0.333. The highest BCUT2D eigenvalue weighted by molar-refractivity contribution is 7.15. The molecular formula is C15H18FN3O2S. The molecule has 1 aromatic heterocycles. The number of carbonyl (C=O) groups excluding carboxylic acids is 1. The third kappa shape index (κ3) is 4.33. The molecule has 0 aliphatic carbocycles. The maximum atomic E-state index is 12.9. The number of benzene rings is 1. The van der Waals surface area contributed by atoms with Crippen molar-refractivity contribution in [1.29, 1.82) is 0 Å². The summed E-state index contributed by atoms with van der Waals surface area (Å²) in [5, 5.41) is 3.19. The number of nitrogens with two attached hydrogens (primary N) is 1. The first kappa shape index (κ1) is 16.5. The van der Waals surface area contributed by atoms with Crippen molar-refractivity contribution in [3.05, 3.63) is 46.2 Å². The average Bonchev–Trinajstić information content (AvgIpc) is 2.81. The summed E-state index contributed by atoms with van der Waals surface area (Å²) in [6.07, 6.45) is 0.643. The van der Waals surface area contributed by atoms with Crippen molar-refractivity contribution < 1.29 is 13.9 Å². The molecule has 7 heteroatoms. The van der Waals surface area contributed by atoms with E-state index in [0.717, 1.165) is 16.1 Å². The Labute approximate surface area is 132 Å². The number of halogens is 1. The molecule has 118 valence electrons. The van der Waals surface area contributed by atoms with Crippen LogP contribution in [0.1, 0.15) is 16.1 Å². The topological polar surface area (TPSA) is 77.2 Å². The highest BCUT2D eigenvalue weighted by atomic mass is 32.1. The first-order chi connectivity index (χ1) is 10.5. The van der Waals surface area contributed by atoms with Crippen LogP contribution in [0.25, 0.3) is 0 Å². The number of amides is 1. The molecular weight excluding hydrogens is 305 g/mol. The maximum absolute atomic E-state index is 12.9. The van der Waals surface area contributed by atoms with Crippen LogP contribution in [0, 0.1) is 12.7 Å². The van der Waals surface area contributed by atoms with E-state index in [0.29, 0.717) is 11.6 Å². The van der Waals surface area contributed by atoms with Gasteiger partial charge in [0.05, 0.1) is 12.3 Å². The molecule has 5 nitrogen and oxygen atoms in total. The Balaban J connectivity index is 2.04. The van der Waals surface area contributed by atoms with E-state index in [-0.39, 0.29) is 18.3 Å². The van der Waals surface area contributed by atoms with Gasteiger partial charge < -0.3 is 15.8 Å². The fourth-order valence-corrected chi connectivity index (χ4v) is 2.89. The van der Waals surface area contributed by atoms with Crippen LogP contribution in [0.3, 0.4) is 0 Å². The Morgan fingerprint density at radius 2 is 2.14 bits per heavy atom. The number of aromatic nitrogens is 1. The van der Waals surface area contributed by atoms with Crippen molar-refractivity contribution in [3.8, 4) is 0 Å². The number of hydrogen-bond acceptors (Lipinski definition) is 5. The Morgan fingerprint density at radius 3 is 2.77 bits per heavy atom. The van der Waals surface area contributed by atoms with Crippen LogP contribution in [-0.4, -0.2) is 30.6 Å². The normalized spacial score (nSPS) is 12.2. The quantitative estimate of drug-likeness (QED) is 0.853. The molecule has 2 rings (SSSR count).